The summed E-state index contributed by atoms with van der Waals surface area (Å²) in [6, 6.07) is 8.19. The zero-order valence-corrected chi connectivity index (χ0v) is 7.10. The van der Waals surface area contributed by atoms with Crippen LogP contribution in [0.15, 0.2) is 24.3 Å². The Kier molecular flexibility index (Phi) is 3.20. The van der Waals surface area contributed by atoms with Crippen LogP contribution in [0.4, 0.5) is 0 Å². The van der Waals surface area contributed by atoms with E-state index in [1.165, 1.54) is 5.56 Å². The van der Waals surface area contributed by atoms with Crippen LogP contribution in [-0.2, 0) is 13.0 Å². The van der Waals surface area contributed by atoms with E-state index in [0.29, 0.717) is 6.54 Å². The molecule has 2 heteroatoms. The molecule has 0 aromatic heterocycles. The molecular formula is C9H11NS. The first-order valence-corrected chi connectivity index (χ1v) is 4.05. The van der Waals surface area contributed by atoms with Crippen LogP contribution in [0.5, 0.6) is 0 Å². The van der Waals surface area contributed by atoms with Gasteiger partial charge in [0.15, 0.2) is 0 Å². The molecular weight excluding hydrogens is 154 g/mol. The molecule has 0 saturated heterocycles. The first kappa shape index (κ1) is 8.37. The Hall–Kier alpha value is -0.730. The zero-order valence-electron chi connectivity index (χ0n) is 6.29. The number of rotatable bonds is 3. The van der Waals surface area contributed by atoms with Crippen LogP contribution in [0.1, 0.15) is 11.1 Å². The molecule has 0 atom stereocenters. The number of thiocarbonyl (C=S) groups is 1. The number of hydrogen-bond donors (Lipinski definition) is 1. The predicted octanol–water partition coefficient (Wildman–Crippen LogP) is 1.69. The lowest BCUT2D eigenvalue weighted by molar-refractivity contribution is 1.07. The highest BCUT2D eigenvalue weighted by molar-refractivity contribution is 7.78. The third-order valence-corrected chi connectivity index (χ3v) is 1.74. The molecule has 0 fully saturated rings. The summed E-state index contributed by atoms with van der Waals surface area (Å²) in [5.41, 5.74) is 7.86. The highest BCUT2D eigenvalue weighted by atomic mass is 32.1. The fraction of sp³-hybridized carbons (Fsp3) is 0.222. The minimum atomic E-state index is 0.609. The number of nitrogens with two attached hydrogens (primary N) is 1. The molecule has 0 heterocycles. The van der Waals surface area contributed by atoms with Crippen molar-refractivity contribution in [2.24, 2.45) is 5.73 Å². The molecule has 1 aromatic rings. The molecule has 0 saturated carbocycles. The Bertz CT molecular complexity index is 228. The van der Waals surface area contributed by atoms with Gasteiger partial charge in [0.2, 0.25) is 0 Å². The third kappa shape index (κ3) is 2.41. The molecule has 0 aliphatic rings. The second-order valence-corrected chi connectivity index (χ2v) is 2.72. The molecule has 1 aromatic carbocycles. The van der Waals surface area contributed by atoms with Gasteiger partial charge in [-0.3, -0.25) is 0 Å². The van der Waals surface area contributed by atoms with E-state index in [1.807, 2.05) is 12.1 Å². The highest BCUT2D eigenvalue weighted by Crippen LogP contribution is 2.03. The third-order valence-electron chi connectivity index (χ3n) is 1.58. The monoisotopic (exact) mass is 165 g/mol. The summed E-state index contributed by atoms with van der Waals surface area (Å²) in [6.45, 7) is 0.609. The quantitative estimate of drug-likeness (QED) is 0.690. The molecule has 0 unspecified atom stereocenters. The van der Waals surface area contributed by atoms with Gasteiger partial charge < -0.3 is 5.73 Å². The molecule has 2 N–H and O–H groups in total. The van der Waals surface area contributed by atoms with Crippen molar-refractivity contribution in [2.45, 2.75) is 13.0 Å². The average Bonchev–Trinajstić information content (AvgIpc) is 2.07. The van der Waals surface area contributed by atoms with Crippen LogP contribution in [0.3, 0.4) is 0 Å². The summed E-state index contributed by atoms with van der Waals surface area (Å²) < 4.78 is 0. The summed E-state index contributed by atoms with van der Waals surface area (Å²) in [4.78, 5) is 0. The first-order valence-electron chi connectivity index (χ1n) is 3.58. The minimum Gasteiger partial charge on any atom is -0.326 e. The summed E-state index contributed by atoms with van der Waals surface area (Å²) in [7, 11) is 0. The first-order chi connectivity index (χ1) is 5.36. The smallest absolute Gasteiger partial charge is 0.0178 e. The van der Waals surface area contributed by atoms with Gasteiger partial charge in [0.1, 0.15) is 0 Å². The van der Waals surface area contributed by atoms with Crippen LogP contribution >= 0.6 is 12.2 Å². The molecule has 0 bridgehead atoms. The summed E-state index contributed by atoms with van der Waals surface area (Å²) in [5.74, 6) is 0. The average molecular weight is 165 g/mol. The van der Waals surface area contributed by atoms with Gasteiger partial charge in [-0.25, -0.2) is 0 Å². The van der Waals surface area contributed by atoms with Gasteiger partial charge >= 0.3 is 0 Å². The van der Waals surface area contributed by atoms with Gasteiger partial charge in [-0.1, -0.05) is 36.5 Å². The summed E-state index contributed by atoms with van der Waals surface area (Å²) >= 11 is 4.75. The SMILES string of the molecule is NCc1ccc(CC=S)cc1. The summed E-state index contributed by atoms with van der Waals surface area (Å²) in [5, 5.41) is 1.73. The summed E-state index contributed by atoms with van der Waals surface area (Å²) in [6.07, 6.45) is 0.861. The molecule has 0 aliphatic heterocycles. The van der Waals surface area contributed by atoms with Crippen molar-refractivity contribution in [3.8, 4) is 0 Å². The van der Waals surface area contributed by atoms with E-state index in [-0.39, 0.29) is 0 Å². The van der Waals surface area contributed by atoms with Gasteiger partial charge in [-0.05, 0) is 16.5 Å². The van der Waals surface area contributed by atoms with Crippen molar-refractivity contribution >= 4 is 17.6 Å². The molecule has 1 nitrogen and oxygen atoms in total. The highest BCUT2D eigenvalue weighted by Gasteiger charge is 1.89. The predicted molar refractivity (Wildman–Crippen MR) is 51.7 cm³/mol. The van der Waals surface area contributed by atoms with Crippen LogP contribution < -0.4 is 5.73 Å². The normalized spacial score (nSPS) is 9.55. The fourth-order valence-corrected chi connectivity index (χ4v) is 1.10. The van der Waals surface area contributed by atoms with Gasteiger partial charge in [0, 0.05) is 13.0 Å². The number of hydrogen-bond acceptors (Lipinski definition) is 2. The van der Waals surface area contributed by atoms with E-state index in [9.17, 15) is 0 Å². The minimum absolute atomic E-state index is 0.609. The lowest BCUT2D eigenvalue weighted by Crippen LogP contribution is -1.95. The lowest BCUT2D eigenvalue weighted by Gasteiger charge is -1.97. The van der Waals surface area contributed by atoms with Crippen molar-refractivity contribution in [3.63, 3.8) is 0 Å². The standard InChI is InChI=1S/C9H11NS/c10-7-9-3-1-8(2-4-9)5-6-11/h1-4,6H,5,7,10H2. The molecule has 58 valence electrons. The molecule has 0 amide bonds. The largest absolute Gasteiger partial charge is 0.326 e. The molecule has 1 rings (SSSR count). The van der Waals surface area contributed by atoms with E-state index < -0.39 is 0 Å². The van der Waals surface area contributed by atoms with Crippen molar-refractivity contribution in [3.05, 3.63) is 35.4 Å². The molecule has 0 aliphatic carbocycles. The topological polar surface area (TPSA) is 26.0 Å². The van der Waals surface area contributed by atoms with E-state index >= 15 is 0 Å². The van der Waals surface area contributed by atoms with Gasteiger partial charge in [0.25, 0.3) is 0 Å². The Balaban J connectivity index is 2.74. The fourth-order valence-electron chi connectivity index (χ4n) is 0.908. The maximum Gasteiger partial charge on any atom is 0.0178 e. The second kappa shape index (κ2) is 4.21. The van der Waals surface area contributed by atoms with Crippen LogP contribution in [-0.4, -0.2) is 5.37 Å². The Morgan fingerprint density at radius 2 is 1.73 bits per heavy atom. The van der Waals surface area contributed by atoms with Gasteiger partial charge in [-0.2, -0.15) is 0 Å². The van der Waals surface area contributed by atoms with E-state index in [1.54, 1.807) is 5.37 Å². The van der Waals surface area contributed by atoms with Crippen molar-refractivity contribution in [2.75, 3.05) is 0 Å². The van der Waals surface area contributed by atoms with Crippen molar-refractivity contribution in [1.82, 2.24) is 0 Å². The van der Waals surface area contributed by atoms with E-state index in [0.717, 1.165) is 12.0 Å². The van der Waals surface area contributed by atoms with Crippen LogP contribution in [0.2, 0.25) is 0 Å². The van der Waals surface area contributed by atoms with Crippen LogP contribution in [0, 0.1) is 0 Å². The number of benzene rings is 1. The van der Waals surface area contributed by atoms with Gasteiger partial charge in [0.05, 0.1) is 0 Å². The van der Waals surface area contributed by atoms with Gasteiger partial charge in [-0.15, -0.1) is 0 Å². The molecule has 0 radical (unpaired) electrons. The van der Waals surface area contributed by atoms with Crippen molar-refractivity contribution in [1.29, 1.82) is 0 Å². The molecule has 11 heavy (non-hydrogen) atoms. The Morgan fingerprint density at radius 3 is 2.18 bits per heavy atom. The van der Waals surface area contributed by atoms with E-state index in [4.69, 9.17) is 18.0 Å². The Morgan fingerprint density at radius 1 is 1.18 bits per heavy atom. The maximum atomic E-state index is 5.45. The molecule has 0 spiro atoms. The van der Waals surface area contributed by atoms with E-state index in [2.05, 4.69) is 12.1 Å². The van der Waals surface area contributed by atoms with Crippen LogP contribution in [0.25, 0.3) is 0 Å². The second-order valence-electron chi connectivity index (χ2n) is 2.39. The maximum absolute atomic E-state index is 5.45. The van der Waals surface area contributed by atoms with Crippen molar-refractivity contribution < 1.29 is 0 Å². The lowest BCUT2D eigenvalue weighted by atomic mass is 10.1. The Labute approximate surface area is 72.2 Å². The zero-order chi connectivity index (χ0) is 8.10.